The van der Waals surface area contributed by atoms with E-state index in [1.54, 1.807) is 38.1 Å². The van der Waals surface area contributed by atoms with Gasteiger partial charge in [0.1, 0.15) is 0 Å². The molecule has 0 fully saturated rings. The van der Waals surface area contributed by atoms with Crippen LogP contribution in [0.5, 0.6) is 0 Å². The van der Waals surface area contributed by atoms with Crippen LogP contribution >= 0.6 is 11.6 Å². The monoisotopic (exact) mass is 212 g/mol. The molecule has 0 aromatic heterocycles. The Morgan fingerprint density at radius 1 is 1.36 bits per heavy atom. The van der Waals surface area contributed by atoms with E-state index in [1.807, 2.05) is 6.07 Å². The van der Waals surface area contributed by atoms with E-state index >= 15 is 0 Å². The highest BCUT2D eigenvalue weighted by Crippen LogP contribution is 2.36. The van der Waals surface area contributed by atoms with Gasteiger partial charge in [0, 0.05) is 0 Å². The first-order chi connectivity index (χ1) is 6.49. The van der Waals surface area contributed by atoms with Crippen LogP contribution in [0.1, 0.15) is 19.4 Å². The zero-order chi connectivity index (χ0) is 10.8. The van der Waals surface area contributed by atoms with Crippen LogP contribution in [0.2, 0.25) is 0 Å². The van der Waals surface area contributed by atoms with E-state index in [0.717, 1.165) is 0 Å². The van der Waals surface area contributed by atoms with Crippen LogP contribution in [0.15, 0.2) is 30.3 Å². The summed E-state index contributed by atoms with van der Waals surface area (Å²) in [6.07, 6.45) is 0. The molecule has 0 spiro atoms. The number of rotatable bonds is 3. The zero-order valence-electron chi connectivity index (χ0n) is 8.20. The predicted molar refractivity (Wildman–Crippen MR) is 56.4 cm³/mol. The summed E-state index contributed by atoms with van der Waals surface area (Å²) in [5.41, 5.74) is 0.629. The average molecular weight is 213 g/mol. The minimum atomic E-state index is -1.32. The number of alkyl halides is 1. The van der Waals surface area contributed by atoms with Gasteiger partial charge in [-0.2, -0.15) is 0 Å². The van der Waals surface area contributed by atoms with Gasteiger partial charge in [-0.15, -0.1) is 11.6 Å². The quantitative estimate of drug-likeness (QED) is 0.783. The lowest BCUT2D eigenvalue weighted by molar-refractivity contribution is -0.141. The predicted octanol–water partition coefficient (Wildman–Crippen LogP) is 2.86. The van der Waals surface area contributed by atoms with Crippen LogP contribution < -0.4 is 0 Å². The summed E-state index contributed by atoms with van der Waals surface area (Å²) in [6.45, 7) is 3.60. The standard InChI is InChI=1S/C11H13ClO2/c1-8(2)11(12,10(13)14)9-6-4-3-5-7-9/h3-8H,1-2H3,(H,13,14)/t11-/m1/s1. The number of aliphatic carboxylic acids is 1. The maximum atomic E-state index is 11.1. The molecule has 1 aromatic carbocycles. The molecule has 0 heterocycles. The fourth-order valence-electron chi connectivity index (χ4n) is 1.38. The lowest BCUT2D eigenvalue weighted by atomic mass is 9.87. The lowest BCUT2D eigenvalue weighted by Gasteiger charge is -2.26. The Morgan fingerprint density at radius 2 is 1.86 bits per heavy atom. The van der Waals surface area contributed by atoms with Crippen molar-refractivity contribution in [2.24, 2.45) is 5.92 Å². The van der Waals surface area contributed by atoms with Crippen molar-refractivity contribution >= 4 is 17.6 Å². The third kappa shape index (κ3) is 1.75. The molecule has 1 aromatic rings. The van der Waals surface area contributed by atoms with E-state index in [9.17, 15) is 4.79 Å². The van der Waals surface area contributed by atoms with Crippen LogP contribution in [-0.4, -0.2) is 11.1 Å². The Bertz CT molecular complexity index is 321. The first-order valence-electron chi connectivity index (χ1n) is 4.47. The van der Waals surface area contributed by atoms with E-state index in [1.165, 1.54) is 0 Å². The normalized spacial score (nSPS) is 15.1. The smallest absolute Gasteiger partial charge is 0.329 e. The van der Waals surface area contributed by atoms with Crippen molar-refractivity contribution in [2.45, 2.75) is 18.7 Å². The summed E-state index contributed by atoms with van der Waals surface area (Å²) in [4.78, 5) is 9.81. The summed E-state index contributed by atoms with van der Waals surface area (Å²) in [6, 6.07) is 8.89. The molecule has 1 rings (SSSR count). The summed E-state index contributed by atoms with van der Waals surface area (Å²) < 4.78 is 0. The molecule has 0 saturated heterocycles. The molecule has 0 saturated carbocycles. The number of carbonyl (C=O) groups is 1. The van der Waals surface area contributed by atoms with Gasteiger partial charge in [-0.1, -0.05) is 44.2 Å². The van der Waals surface area contributed by atoms with Crippen molar-refractivity contribution < 1.29 is 9.90 Å². The zero-order valence-corrected chi connectivity index (χ0v) is 8.95. The van der Waals surface area contributed by atoms with Crippen molar-refractivity contribution in [3.05, 3.63) is 35.9 Å². The van der Waals surface area contributed by atoms with E-state index in [0.29, 0.717) is 5.56 Å². The van der Waals surface area contributed by atoms with E-state index in [-0.39, 0.29) is 5.92 Å². The van der Waals surface area contributed by atoms with Gasteiger partial charge in [-0.05, 0) is 11.5 Å². The Kier molecular flexibility index (Phi) is 3.17. The summed E-state index contributed by atoms with van der Waals surface area (Å²) in [5.74, 6) is -1.16. The Balaban J connectivity index is 3.20. The van der Waals surface area contributed by atoms with Gasteiger partial charge in [0.2, 0.25) is 0 Å². The third-order valence-corrected chi connectivity index (χ3v) is 3.12. The molecule has 3 heteroatoms. The number of halogens is 1. The Labute approximate surface area is 88.5 Å². The minimum absolute atomic E-state index is 0.163. The number of carboxylic acid groups (broad SMARTS) is 1. The van der Waals surface area contributed by atoms with Gasteiger partial charge in [0.05, 0.1) is 0 Å². The van der Waals surface area contributed by atoms with Crippen LogP contribution in [0.25, 0.3) is 0 Å². The van der Waals surface area contributed by atoms with Gasteiger partial charge < -0.3 is 5.11 Å². The Morgan fingerprint density at radius 3 is 2.21 bits per heavy atom. The van der Waals surface area contributed by atoms with Crippen molar-refractivity contribution in [3.8, 4) is 0 Å². The lowest BCUT2D eigenvalue weighted by Crippen LogP contribution is -2.35. The molecule has 0 amide bonds. The molecule has 1 atom stereocenters. The van der Waals surface area contributed by atoms with Gasteiger partial charge >= 0.3 is 5.97 Å². The minimum Gasteiger partial charge on any atom is -0.480 e. The highest BCUT2D eigenvalue weighted by Gasteiger charge is 2.41. The first-order valence-corrected chi connectivity index (χ1v) is 4.85. The first kappa shape index (κ1) is 11.1. The highest BCUT2D eigenvalue weighted by atomic mass is 35.5. The number of hydrogen-bond acceptors (Lipinski definition) is 1. The van der Waals surface area contributed by atoms with Crippen LogP contribution in [0.3, 0.4) is 0 Å². The maximum Gasteiger partial charge on any atom is 0.329 e. The second-order valence-electron chi connectivity index (χ2n) is 3.54. The molecule has 0 radical (unpaired) electrons. The topological polar surface area (TPSA) is 37.3 Å². The van der Waals surface area contributed by atoms with Crippen molar-refractivity contribution in [1.29, 1.82) is 0 Å². The largest absolute Gasteiger partial charge is 0.480 e. The van der Waals surface area contributed by atoms with Crippen LogP contribution in [-0.2, 0) is 9.67 Å². The second-order valence-corrected chi connectivity index (χ2v) is 4.13. The van der Waals surface area contributed by atoms with Gasteiger partial charge in [-0.3, -0.25) is 0 Å². The maximum absolute atomic E-state index is 11.1. The summed E-state index contributed by atoms with van der Waals surface area (Å²) >= 11 is 6.13. The van der Waals surface area contributed by atoms with Crippen LogP contribution in [0.4, 0.5) is 0 Å². The number of benzene rings is 1. The van der Waals surface area contributed by atoms with Crippen LogP contribution in [0, 0.1) is 5.92 Å². The fraction of sp³-hybridized carbons (Fsp3) is 0.364. The van der Waals surface area contributed by atoms with Gasteiger partial charge in [-0.25, -0.2) is 4.79 Å². The molecule has 2 nitrogen and oxygen atoms in total. The van der Waals surface area contributed by atoms with E-state index in [4.69, 9.17) is 16.7 Å². The fourth-order valence-corrected chi connectivity index (χ4v) is 1.51. The molecule has 14 heavy (non-hydrogen) atoms. The number of hydrogen-bond donors (Lipinski definition) is 1. The molecule has 0 aliphatic heterocycles. The molecule has 76 valence electrons. The van der Waals surface area contributed by atoms with Crippen molar-refractivity contribution in [2.75, 3.05) is 0 Å². The van der Waals surface area contributed by atoms with Gasteiger partial charge in [0.25, 0.3) is 0 Å². The molecule has 0 bridgehead atoms. The third-order valence-electron chi connectivity index (χ3n) is 2.30. The summed E-state index contributed by atoms with van der Waals surface area (Å²) in [7, 11) is 0. The molecular formula is C11H13ClO2. The Hall–Kier alpha value is -1.02. The second kappa shape index (κ2) is 4.01. The SMILES string of the molecule is CC(C)[C@](Cl)(C(=O)O)c1ccccc1. The van der Waals surface area contributed by atoms with E-state index < -0.39 is 10.8 Å². The molecule has 1 N–H and O–H groups in total. The number of carboxylic acids is 1. The molecule has 0 aliphatic carbocycles. The van der Waals surface area contributed by atoms with Crippen molar-refractivity contribution in [1.82, 2.24) is 0 Å². The van der Waals surface area contributed by atoms with E-state index in [2.05, 4.69) is 0 Å². The summed E-state index contributed by atoms with van der Waals surface area (Å²) in [5, 5.41) is 9.12. The van der Waals surface area contributed by atoms with Crippen molar-refractivity contribution in [3.63, 3.8) is 0 Å². The average Bonchev–Trinajstić information content (AvgIpc) is 2.17. The molecule has 0 unspecified atom stereocenters. The molecule has 0 aliphatic rings. The van der Waals surface area contributed by atoms with Gasteiger partial charge in [0.15, 0.2) is 4.87 Å². The highest BCUT2D eigenvalue weighted by molar-refractivity contribution is 6.33. The molecular weight excluding hydrogens is 200 g/mol.